The van der Waals surface area contributed by atoms with E-state index in [4.69, 9.17) is 0 Å². The van der Waals surface area contributed by atoms with Crippen LogP contribution in [0.3, 0.4) is 0 Å². The Morgan fingerprint density at radius 2 is 1.64 bits per heavy atom. The van der Waals surface area contributed by atoms with Crippen molar-refractivity contribution in [2.75, 3.05) is 6.54 Å². The Hall–Kier alpha value is -0.110. The van der Waals surface area contributed by atoms with Crippen LogP contribution in [0.25, 0.3) is 0 Å². The van der Waals surface area contributed by atoms with Gasteiger partial charge in [0.2, 0.25) is 0 Å². The molecule has 0 radical (unpaired) electrons. The van der Waals surface area contributed by atoms with Crippen LogP contribution in [0.2, 0.25) is 0 Å². The third-order valence-corrected chi connectivity index (χ3v) is 4.16. The van der Waals surface area contributed by atoms with E-state index >= 15 is 0 Å². The molecule has 1 aliphatic heterocycles. The molecular formula is C12H22FN. The standard InChI is InChI=1S/C12H22FN/c1-12(13,11-8-9-14-11)10-6-4-2-3-5-7-10/h10-11,14H,2-9H2,1H3. The summed E-state index contributed by atoms with van der Waals surface area (Å²) in [7, 11) is 0. The smallest absolute Gasteiger partial charge is 0.126 e. The van der Waals surface area contributed by atoms with E-state index in [9.17, 15) is 4.39 Å². The number of hydrogen-bond acceptors (Lipinski definition) is 1. The van der Waals surface area contributed by atoms with Gasteiger partial charge in [0, 0.05) is 6.04 Å². The molecule has 0 aromatic rings. The van der Waals surface area contributed by atoms with E-state index in [2.05, 4.69) is 5.32 Å². The molecule has 0 aromatic carbocycles. The first-order valence-corrected chi connectivity index (χ1v) is 6.13. The van der Waals surface area contributed by atoms with Crippen LogP contribution in [-0.4, -0.2) is 18.3 Å². The van der Waals surface area contributed by atoms with Crippen LogP contribution in [-0.2, 0) is 0 Å². The maximum Gasteiger partial charge on any atom is 0.126 e. The van der Waals surface area contributed by atoms with E-state index in [0.29, 0.717) is 5.92 Å². The van der Waals surface area contributed by atoms with Crippen molar-refractivity contribution in [1.29, 1.82) is 0 Å². The van der Waals surface area contributed by atoms with Crippen LogP contribution < -0.4 is 5.32 Å². The Morgan fingerprint density at radius 3 is 2.07 bits per heavy atom. The molecule has 14 heavy (non-hydrogen) atoms. The van der Waals surface area contributed by atoms with Gasteiger partial charge in [0.1, 0.15) is 5.67 Å². The van der Waals surface area contributed by atoms with E-state index in [1.807, 2.05) is 6.92 Å². The van der Waals surface area contributed by atoms with Gasteiger partial charge in [-0.05, 0) is 38.6 Å². The van der Waals surface area contributed by atoms with Crippen LogP contribution >= 0.6 is 0 Å². The van der Waals surface area contributed by atoms with Crippen LogP contribution in [0.1, 0.15) is 51.9 Å². The summed E-state index contributed by atoms with van der Waals surface area (Å²) in [5, 5.41) is 3.23. The van der Waals surface area contributed by atoms with E-state index in [1.165, 1.54) is 25.7 Å². The second-order valence-electron chi connectivity index (χ2n) is 5.14. The highest BCUT2D eigenvalue weighted by Gasteiger charge is 2.43. The maximum atomic E-state index is 14.5. The minimum Gasteiger partial charge on any atom is -0.311 e. The molecule has 1 aliphatic carbocycles. The first kappa shape index (κ1) is 10.4. The Bertz CT molecular complexity index is 179. The van der Waals surface area contributed by atoms with Crippen molar-refractivity contribution in [2.45, 2.75) is 63.6 Å². The lowest BCUT2D eigenvalue weighted by Crippen LogP contribution is -2.58. The van der Waals surface area contributed by atoms with Crippen LogP contribution in [0.5, 0.6) is 0 Å². The SMILES string of the molecule is CC(F)(C1CCCCCC1)C1CCN1. The molecule has 2 unspecified atom stereocenters. The molecule has 1 nitrogen and oxygen atoms in total. The molecule has 0 spiro atoms. The van der Waals surface area contributed by atoms with Gasteiger partial charge in [0.15, 0.2) is 0 Å². The minimum atomic E-state index is -0.956. The van der Waals surface area contributed by atoms with Crippen molar-refractivity contribution in [3.63, 3.8) is 0 Å². The first-order valence-electron chi connectivity index (χ1n) is 6.13. The van der Waals surface area contributed by atoms with Crippen molar-refractivity contribution in [2.24, 2.45) is 5.92 Å². The summed E-state index contributed by atoms with van der Waals surface area (Å²) >= 11 is 0. The summed E-state index contributed by atoms with van der Waals surface area (Å²) in [6.45, 7) is 2.83. The fourth-order valence-electron chi connectivity index (χ4n) is 2.90. The summed E-state index contributed by atoms with van der Waals surface area (Å²) < 4.78 is 14.5. The molecule has 0 amide bonds. The molecule has 2 atom stereocenters. The summed E-state index contributed by atoms with van der Waals surface area (Å²) in [4.78, 5) is 0. The Morgan fingerprint density at radius 1 is 1.07 bits per heavy atom. The van der Waals surface area contributed by atoms with Gasteiger partial charge in [-0.3, -0.25) is 0 Å². The molecule has 1 heterocycles. The minimum absolute atomic E-state index is 0.144. The first-order chi connectivity index (χ1) is 6.71. The predicted octanol–water partition coefficient (Wildman–Crippen LogP) is 3.05. The van der Waals surface area contributed by atoms with E-state index in [0.717, 1.165) is 25.8 Å². The molecule has 1 N–H and O–H groups in total. The van der Waals surface area contributed by atoms with Crippen LogP contribution in [0.4, 0.5) is 4.39 Å². The van der Waals surface area contributed by atoms with Crippen molar-refractivity contribution < 1.29 is 4.39 Å². The largest absolute Gasteiger partial charge is 0.311 e. The lowest BCUT2D eigenvalue weighted by atomic mass is 9.76. The molecule has 1 saturated carbocycles. The number of rotatable bonds is 2. The van der Waals surface area contributed by atoms with E-state index in [-0.39, 0.29) is 6.04 Å². The fourth-order valence-corrected chi connectivity index (χ4v) is 2.90. The molecule has 2 heteroatoms. The lowest BCUT2D eigenvalue weighted by Gasteiger charge is -2.42. The molecule has 0 bridgehead atoms. The highest BCUT2D eigenvalue weighted by atomic mass is 19.1. The highest BCUT2D eigenvalue weighted by Crippen LogP contribution is 2.38. The predicted molar refractivity (Wildman–Crippen MR) is 57.1 cm³/mol. The number of halogens is 1. The van der Waals surface area contributed by atoms with Gasteiger partial charge in [-0.15, -0.1) is 0 Å². The summed E-state index contributed by atoms with van der Waals surface area (Å²) in [6.07, 6.45) is 8.32. The Labute approximate surface area is 86.5 Å². The number of alkyl halides is 1. The van der Waals surface area contributed by atoms with Crippen molar-refractivity contribution in [3.8, 4) is 0 Å². The van der Waals surface area contributed by atoms with Crippen molar-refractivity contribution in [3.05, 3.63) is 0 Å². The summed E-state index contributed by atoms with van der Waals surface area (Å²) in [5.41, 5.74) is -0.956. The second kappa shape index (κ2) is 4.18. The second-order valence-corrected chi connectivity index (χ2v) is 5.14. The third-order valence-electron chi connectivity index (χ3n) is 4.16. The quantitative estimate of drug-likeness (QED) is 0.674. The van der Waals surface area contributed by atoms with Gasteiger partial charge in [0.05, 0.1) is 0 Å². The average molecular weight is 199 g/mol. The van der Waals surface area contributed by atoms with E-state index in [1.54, 1.807) is 0 Å². The molecular weight excluding hydrogens is 177 g/mol. The van der Waals surface area contributed by atoms with Crippen LogP contribution in [0, 0.1) is 5.92 Å². The maximum absolute atomic E-state index is 14.5. The molecule has 1 saturated heterocycles. The zero-order valence-corrected chi connectivity index (χ0v) is 9.19. The van der Waals surface area contributed by atoms with Gasteiger partial charge < -0.3 is 5.32 Å². The highest BCUT2D eigenvalue weighted by molar-refractivity contribution is 4.98. The number of hydrogen-bond donors (Lipinski definition) is 1. The molecule has 2 rings (SSSR count). The number of nitrogens with one attached hydrogen (secondary N) is 1. The normalized spacial score (nSPS) is 34.3. The lowest BCUT2D eigenvalue weighted by molar-refractivity contribution is 0.0198. The van der Waals surface area contributed by atoms with Crippen molar-refractivity contribution in [1.82, 2.24) is 5.32 Å². The molecule has 2 fully saturated rings. The third kappa shape index (κ3) is 1.95. The Balaban J connectivity index is 1.95. The molecule has 0 aromatic heterocycles. The summed E-state index contributed by atoms with van der Waals surface area (Å²) in [5.74, 6) is 0.308. The Kier molecular flexibility index (Phi) is 3.10. The van der Waals surface area contributed by atoms with Crippen molar-refractivity contribution >= 4 is 0 Å². The molecule has 2 aliphatic rings. The zero-order chi connectivity index (χ0) is 10.0. The fraction of sp³-hybridized carbons (Fsp3) is 1.00. The van der Waals surface area contributed by atoms with Gasteiger partial charge in [-0.1, -0.05) is 25.7 Å². The zero-order valence-electron chi connectivity index (χ0n) is 9.19. The average Bonchev–Trinajstić information content (AvgIpc) is 2.26. The van der Waals surface area contributed by atoms with Gasteiger partial charge >= 0.3 is 0 Å². The summed E-state index contributed by atoms with van der Waals surface area (Å²) in [6, 6.07) is 0.144. The topological polar surface area (TPSA) is 12.0 Å². The van der Waals surface area contributed by atoms with Crippen LogP contribution in [0.15, 0.2) is 0 Å². The monoisotopic (exact) mass is 199 g/mol. The van der Waals surface area contributed by atoms with E-state index < -0.39 is 5.67 Å². The van der Waals surface area contributed by atoms with Gasteiger partial charge in [-0.25, -0.2) is 4.39 Å². The van der Waals surface area contributed by atoms with Gasteiger partial charge in [0.25, 0.3) is 0 Å². The van der Waals surface area contributed by atoms with Gasteiger partial charge in [-0.2, -0.15) is 0 Å². The molecule has 82 valence electrons.